The molecule has 1 rings (SSSR count). The second kappa shape index (κ2) is 15.7. The summed E-state index contributed by atoms with van der Waals surface area (Å²) < 4.78 is 5.13. The third-order valence-corrected chi connectivity index (χ3v) is 5.19. The average Bonchev–Trinajstić information content (AvgIpc) is 2.77. The molecule has 9 nitrogen and oxygen atoms in total. The third kappa shape index (κ3) is 11.0. The number of amides is 2. The number of benzene rings is 1. The highest BCUT2D eigenvalue weighted by Gasteiger charge is 2.27. The number of aliphatic hydroxyl groups excluding tert-OH is 1. The summed E-state index contributed by atoms with van der Waals surface area (Å²) in [6.45, 7) is 2.27. The molecule has 0 aliphatic rings. The number of nitrogens with one attached hydrogen (secondary N) is 2. The van der Waals surface area contributed by atoms with Crippen molar-refractivity contribution in [2.24, 2.45) is 0 Å². The maximum atomic E-state index is 12.0. The zero-order chi connectivity index (χ0) is 23.9. The second-order valence-corrected chi connectivity index (χ2v) is 8.45. The lowest BCUT2D eigenvalue weighted by Crippen LogP contribution is -2.45. The van der Waals surface area contributed by atoms with Crippen LogP contribution in [0.15, 0.2) is 24.3 Å². The van der Waals surface area contributed by atoms with Crippen LogP contribution in [0.3, 0.4) is 0 Å². The number of non-ortho nitro benzene ring substituents is 1. The maximum Gasteiger partial charge on any atom is 0.407 e. The number of nitro benzene ring substituents is 1. The van der Waals surface area contributed by atoms with Gasteiger partial charge in [0.15, 0.2) is 4.84 Å². The predicted molar refractivity (Wildman–Crippen MR) is 123 cm³/mol. The highest BCUT2D eigenvalue weighted by atomic mass is 35.5. The van der Waals surface area contributed by atoms with Crippen molar-refractivity contribution < 1.29 is 24.4 Å². The van der Waals surface area contributed by atoms with Gasteiger partial charge in [-0.3, -0.25) is 14.9 Å². The summed E-state index contributed by atoms with van der Waals surface area (Å²) in [5.74, 6) is -0.772. The Kier molecular flexibility index (Phi) is 13.7. The number of hydrogen-bond acceptors (Lipinski definition) is 6. The molecule has 0 saturated heterocycles. The molecule has 0 aliphatic carbocycles. The van der Waals surface area contributed by atoms with Gasteiger partial charge in [0.25, 0.3) is 11.6 Å². The van der Waals surface area contributed by atoms with Crippen molar-refractivity contribution >= 4 is 40.9 Å². The summed E-state index contributed by atoms with van der Waals surface area (Å²) in [6.07, 6.45) is 5.80. The van der Waals surface area contributed by atoms with Crippen LogP contribution in [0.25, 0.3) is 0 Å². The van der Waals surface area contributed by atoms with Crippen LogP contribution >= 0.6 is 23.2 Å². The molecule has 0 radical (unpaired) electrons. The Morgan fingerprint density at radius 1 is 1.09 bits per heavy atom. The predicted octanol–water partition coefficient (Wildman–Crippen LogP) is 4.39. The largest absolute Gasteiger partial charge is 0.447 e. The van der Waals surface area contributed by atoms with Crippen molar-refractivity contribution in [2.75, 3.05) is 13.2 Å². The molecule has 0 spiro atoms. The standard InChI is InChI=1S/C21H31Cl2N3O6/c1-2-3-4-5-6-7-8-13-24-21(29)32-14-17(25-20(28)19(22)23)18(27)15-9-11-16(12-10-15)26(30)31/h9-12,17-19,27H,2-8,13-14H2,1H3,(H,24,29)(H,25,28)/t17-,18-/m1/s1. The van der Waals surface area contributed by atoms with Crippen molar-refractivity contribution in [3.8, 4) is 0 Å². The summed E-state index contributed by atoms with van der Waals surface area (Å²) in [7, 11) is 0. The van der Waals surface area contributed by atoms with Crippen LogP contribution in [-0.4, -0.2) is 46.1 Å². The monoisotopic (exact) mass is 491 g/mol. The number of ether oxygens (including phenoxy) is 1. The molecular formula is C21H31Cl2N3O6. The number of aliphatic hydroxyl groups is 1. The van der Waals surface area contributed by atoms with Gasteiger partial charge in [-0.1, -0.05) is 68.7 Å². The van der Waals surface area contributed by atoms with Gasteiger partial charge >= 0.3 is 6.09 Å². The fourth-order valence-corrected chi connectivity index (χ4v) is 3.10. The van der Waals surface area contributed by atoms with Gasteiger partial charge in [0.1, 0.15) is 12.7 Å². The first kappa shape index (κ1) is 27.9. The summed E-state index contributed by atoms with van der Waals surface area (Å²) in [4.78, 5) is 32.7. The van der Waals surface area contributed by atoms with E-state index in [1.54, 1.807) is 0 Å². The minimum atomic E-state index is -1.38. The van der Waals surface area contributed by atoms with E-state index in [4.69, 9.17) is 27.9 Å². The van der Waals surface area contributed by atoms with Crippen LogP contribution in [0.5, 0.6) is 0 Å². The number of nitrogens with zero attached hydrogens (tertiary/aromatic N) is 1. The lowest BCUT2D eigenvalue weighted by Gasteiger charge is -2.24. The normalized spacial score (nSPS) is 12.8. The SMILES string of the molecule is CCCCCCCCCNC(=O)OC[C@@H](NC(=O)C(Cl)Cl)[C@H](O)c1ccc([N+](=O)[O-])cc1. The molecule has 0 aromatic heterocycles. The Morgan fingerprint density at radius 2 is 1.69 bits per heavy atom. The molecule has 1 aromatic carbocycles. The van der Waals surface area contributed by atoms with E-state index in [0.717, 1.165) is 19.3 Å². The summed E-state index contributed by atoms with van der Waals surface area (Å²) >= 11 is 11.1. The second-order valence-electron chi connectivity index (χ2n) is 7.36. The van der Waals surface area contributed by atoms with Crippen molar-refractivity contribution in [3.05, 3.63) is 39.9 Å². The molecule has 0 bridgehead atoms. The highest BCUT2D eigenvalue weighted by Crippen LogP contribution is 2.21. The molecule has 0 aliphatic heterocycles. The zero-order valence-electron chi connectivity index (χ0n) is 18.1. The number of rotatable bonds is 15. The van der Waals surface area contributed by atoms with Crippen molar-refractivity contribution in [2.45, 2.75) is 68.9 Å². The van der Waals surface area contributed by atoms with E-state index in [0.29, 0.717) is 6.54 Å². The Hall–Kier alpha value is -2.10. The van der Waals surface area contributed by atoms with E-state index in [9.17, 15) is 24.8 Å². The fraction of sp³-hybridized carbons (Fsp3) is 0.619. The Labute approximate surface area is 197 Å². The molecule has 11 heteroatoms. The maximum absolute atomic E-state index is 12.0. The van der Waals surface area contributed by atoms with Crippen molar-refractivity contribution in [1.29, 1.82) is 0 Å². The van der Waals surface area contributed by atoms with E-state index in [1.165, 1.54) is 49.9 Å². The zero-order valence-corrected chi connectivity index (χ0v) is 19.6. The molecule has 3 N–H and O–H groups in total. The Bertz CT molecular complexity index is 718. The number of unbranched alkanes of at least 4 members (excludes halogenated alkanes) is 6. The average molecular weight is 492 g/mol. The molecule has 0 heterocycles. The minimum absolute atomic E-state index is 0.149. The molecule has 2 atom stereocenters. The number of alkyl halides is 2. The fourth-order valence-electron chi connectivity index (χ4n) is 2.97. The topological polar surface area (TPSA) is 131 Å². The molecular weight excluding hydrogens is 461 g/mol. The van der Waals surface area contributed by atoms with Crippen molar-refractivity contribution in [3.63, 3.8) is 0 Å². The van der Waals surface area contributed by atoms with Crippen LogP contribution in [0.2, 0.25) is 0 Å². The van der Waals surface area contributed by atoms with Crippen LogP contribution in [0.4, 0.5) is 10.5 Å². The highest BCUT2D eigenvalue weighted by molar-refractivity contribution is 6.53. The van der Waals surface area contributed by atoms with Gasteiger partial charge < -0.3 is 20.5 Å². The molecule has 1 aromatic rings. The Balaban J connectivity index is 2.55. The van der Waals surface area contributed by atoms with Crippen LogP contribution in [-0.2, 0) is 9.53 Å². The van der Waals surface area contributed by atoms with Gasteiger partial charge in [-0.2, -0.15) is 0 Å². The molecule has 0 unspecified atom stereocenters. The van der Waals surface area contributed by atoms with Crippen LogP contribution in [0.1, 0.15) is 63.5 Å². The van der Waals surface area contributed by atoms with E-state index in [-0.39, 0.29) is 17.9 Å². The van der Waals surface area contributed by atoms with Crippen LogP contribution < -0.4 is 10.6 Å². The lowest BCUT2D eigenvalue weighted by atomic mass is 10.0. The summed E-state index contributed by atoms with van der Waals surface area (Å²) in [5.41, 5.74) is 0.137. The van der Waals surface area contributed by atoms with Gasteiger partial charge in [0.05, 0.1) is 11.0 Å². The van der Waals surface area contributed by atoms with Gasteiger partial charge in [-0.25, -0.2) is 4.79 Å². The molecule has 180 valence electrons. The first-order valence-electron chi connectivity index (χ1n) is 10.7. The van der Waals surface area contributed by atoms with Crippen molar-refractivity contribution in [1.82, 2.24) is 10.6 Å². The van der Waals surface area contributed by atoms with Gasteiger partial charge in [0, 0.05) is 18.7 Å². The summed E-state index contributed by atoms with van der Waals surface area (Å²) in [6, 6.07) is 4.08. The quantitative estimate of drug-likeness (QED) is 0.144. The number of alkyl carbamates (subject to hydrolysis) is 1. The molecule has 0 fully saturated rings. The Morgan fingerprint density at radius 3 is 2.25 bits per heavy atom. The number of carbonyl (C=O) groups is 2. The first-order chi connectivity index (χ1) is 15.3. The first-order valence-corrected chi connectivity index (χ1v) is 11.5. The minimum Gasteiger partial charge on any atom is -0.447 e. The third-order valence-electron chi connectivity index (χ3n) is 4.80. The van der Waals surface area contributed by atoms with Gasteiger partial charge in [-0.15, -0.1) is 0 Å². The van der Waals surface area contributed by atoms with E-state index in [2.05, 4.69) is 17.6 Å². The van der Waals surface area contributed by atoms with Crippen LogP contribution in [0, 0.1) is 10.1 Å². The molecule has 32 heavy (non-hydrogen) atoms. The number of hydrogen-bond donors (Lipinski definition) is 3. The molecule has 0 saturated carbocycles. The van der Waals surface area contributed by atoms with E-state index in [1.807, 2.05) is 0 Å². The molecule has 2 amide bonds. The number of nitro groups is 1. The van der Waals surface area contributed by atoms with E-state index >= 15 is 0 Å². The van der Waals surface area contributed by atoms with Gasteiger partial charge in [0.2, 0.25) is 0 Å². The lowest BCUT2D eigenvalue weighted by molar-refractivity contribution is -0.384. The van der Waals surface area contributed by atoms with E-state index < -0.39 is 33.9 Å². The summed E-state index contributed by atoms with van der Waals surface area (Å²) in [5, 5.41) is 26.4. The van der Waals surface area contributed by atoms with Gasteiger partial charge in [-0.05, 0) is 24.1 Å². The number of carbonyl (C=O) groups excluding carboxylic acids is 2. The smallest absolute Gasteiger partial charge is 0.407 e. The number of halogens is 2.